The molecule has 1 atom stereocenters. The van der Waals surface area contributed by atoms with Crippen LogP contribution in [-0.4, -0.2) is 18.8 Å². The van der Waals surface area contributed by atoms with Crippen molar-refractivity contribution in [3.05, 3.63) is 59.6 Å². The van der Waals surface area contributed by atoms with Crippen molar-refractivity contribution in [2.75, 3.05) is 12.1 Å². The fraction of sp³-hybridized carbons (Fsp3) is 0.150. The second-order valence-electron chi connectivity index (χ2n) is 5.91. The molecule has 1 aliphatic heterocycles. The van der Waals surface area contributed by atoms with Gasteiger partial charge in [0.2, 0.25) is 6.79 Å². The molecule has 0 bridgehead atoms. The van der Waals surface area contributed by atoms with E-state index in [4.69, 9.17) is 25.8 Å². The fourth-order valence-electron chi connectivity index (χ4n) is 2.80. The van der Waals surface area contributed by atoms with Gasteiger partial charge in [0, 0.05) is 27.5 Å². The van der Waals surface area contributed by atoms with Gasteiger partial charge in [0.05, 0.1) is 0 Å². The molecule has 0 aromatic heterocycles. The third kappa shape index (κ3) is 3.13. The maximum Gasteiger partial charge on any atom is 0.265 e. The van der Waals surface area contributed by atoms with E-state index in [0.717, 1.165) is 10.8 Å². The van der Waals surface area contributed by atoms with Crippen molar-refractivity contribution in [2.24, 2.45) is 0 Å². The van der Waals surface area contributed by atoms with E-state index in [1.54, 1.807) is 37.3 Å². The summed E-state index contributed by atoms with van der Waals surface area (Å²) in [4.78, 5) is 12.5. The standard InChI is InChI=1S/C20H16ClNO4/c1-12(20(23)22-13-6-8-18-19(10-13)25-11-24-18)26-17-9-7-16(21)14-4-2-3-5-15(14)17/h2-10,12H,11H2,1H3,(H,22,23)/t12-/m1/s1. The van der Waals surface area contributed by atoms with Gasteiger partial charge in [-0.05, 0) is 31.2 Å². The molecular weight excluding hydrogens is 354 g/mol. The lowest BCUT2D eigenvalue weighted by molar-refractivity contribution is -0.122. The van der Waals surface area contributed by atoms with Gasteiger partial charge < -0.3 is 19.5 Å². The van der Waals surface area contributed by atoms with Crippen LogP contribution in [0.15, 0.2) is 54.6 Å². The molecule has 1 heterocycles. The molecule has 1 N–H and O–H groups in total. The third-order valence-electron chi connectivity index (χ3n) is 4.14. The Balaban J connectivity index is 1.50. The number of nitrogens with one attached hydrogen (secondary N) is 1. The zero-order valence-corrected chi connectivity index (χ0v) is 14.7. The van der Waals surface area contributed by atoms with Crippen LogP contribution in [0.25, 0.3) is 10.8 Å². The van der Waals surface area contributed by atoms with Gasteiger partial charge in [-0.3, -0.25) is 4.79 Å². The van der Waals surface area contributed by atoms with Crippen molar-refractivity contribution in [1.82, 2.24) is 0 Å². The van der Waals surface area contributed by atoms with Gasteiger partial charge >= 0.3 is 0 Å². The van der Waals surface area contributed by atoms with Crippen LogP contribution in [-0.2, 0) is 4.79 Å². The molecule has 132 valence electrons. The molecular formula is C20H16ClNO4. The van der Waals surface area contributed by atoms with E-state index in [1.807, 2.05) is 24.3 Å². The minimum Gasteiger partial charge on any atom is -0.480 e. The SMILES string of the molecule is C[C@@H](Oc1ccc(Cl)c2ccccc12)C(=O)Nc1ccc2c(c1)OCO2. The van der Waals surface area contributed by atoms with Crippen molar-refractivity contribution in [3.63, 3.8) is 0 Å². The Bertz CT molecular complexity index is 989. The van der Waals surface area contributed by atoms with Crippen LogP contribution in [0.4, 0.5) is 5.69 Å². The molecule has 1 aliphatic rings. The van der Waals surface area contributed by atoms with Crippen molar-refractivity contribution in [1.29, 1.82) is 0 Å². The van der Waals surface area contributed by atoms with Crippen LogP contribution in [0.1, 0.15) is 6.92 Å². The molecule has 26 heavy (non-hydrogen) atoms. The Morgan fingerprint density at radius 2 is 1.85 bits per heavy atom. The average Bonchev–Trinajstić information content (AvgIpc) is 3.12. The summed E-state index contributed by atoms with van der Waals surface area (Å²) in [7, 11) is 0. The minimum atomic E-state index is -0.690. The number of anilines is 1. The summed E-state index contributed by atoms with van der Waals surface area (Å²) < 4.78 is 16.5. The van der Waals surface area contributed by atoms with Gasteiger partial charge in [0.15, 0.2) is 17.6 Å². The number of hydrogen-bond acceptors (Lipinski definition) is 4. The molecule has 3 aromatic rings. The topological polar surface area (TPSA) is 56.8 Å². The lowest BCUT2D eigenvalue weighted by Gasteiger charge is -2.17. The second kappa shape index (κ2) is 6.77. The monoisotopic (exact) mass is 369 g/mol. The number of halogens is 1. The maximum atomic E-state index is 12.5. The fourth-order valence-corrected chi connectivity index (χ4v) is 3.03. The highest BCUT2D eigenvalue weighted by molar-refractivity contribution is 6.35. The first-order valence-electron chi connectivity index (χ1n) is 8.16. The van der Waals surface area contributed by atoms with E-state index in [-0.39, 0.29) is 12.7 Å². The molecule has 0 saturated carbocycles. The Hall–Kier alpha value is -2.92. The van der Waals surface area contributed by atoms with Crippen molar-refractivity contribution in [3.8, 4) is 17.2 Å². The van der Waals surface area contributed by atoms with E-state index < -0.39 is 6.10 Å². The number of rotatable bonds is 4. The van der Waals surface area contributed by atoms with Gasteiger partial charge in [-0.25, -0.2) is 0 Å². The minimum absolute atomic E-state index is 0.190. The molecule has 6 heteroatoms. The largest absolute Gasteiger partial charge is 0.480 e. The summed E-state index contributed by atoms with van der Waals surface area (Å²) in [5.41, 5.74) is 0.621. The molecule has 0 aliphatic carbocycles. The van der Waals surface area contributed by atoms with E-state index in [2.05, 4.69) is 5.32 Å². The predicted molar refractivity (Wildman–Crippen MR) is 100 cm³/mol. The number of carbonyl (C=O) groups excluding carboxylic acids is 1. The van der Waals surface area contributed by atoms with Crippen LogP contribution in [0.5, 0.6) is 17.2 Å². The molecule has 1 amide bonds. The number of amides is 1. The molecule has 0 saturated heterocycles. The third-order valence-corrected chi connectivity index (χ3v) is 4.47. The van der Waals surface area contributed by atoms with E-state index in [9.17, 15) is 4.79 Å². The summed E-state index contributed by atoms with van der Waals surface area (Å²) in [6, 6.07) is 16.4. The van der Waals surface area contributed by atoms with Gasteiger partial charge in [-0.15, -0.1) is 0 Å². The zero-order valence-electron chi connectivity index (χ0n) is 14.0. The van der Waals surface area contributed by atoms with Crippen LogP contribution in [0.2, 0.25) is 5.02 Å². The van der Waals surface area contributed by atoms with Crippen molar-refractivity contribution < 1.29 is 19.0 Å². The zero-order chi connectivity index (χ0) is 18.1. The number of benzene rings is 3. The smallest absolute Gasteiger partial charge is 0.265 e. The Labute approximate surface area is 155 Å². The highest BCUT2D eigenvalue weighted by atomic mass is 35.5. The number of ether oxygens (including phenoxy) is 3. The summed E-state index contributed by atoms with van der Waals surface area (Å²) in [6.07, 6.45) is -0.690. The molecule has 5 nitrogen and oxygen atoms in total. The Morgan fingerprint density at radius 3 is 2.69 bits per heavy atom. The highest BCUT2D eigenvalue weighted by Crippen LogP contribution is 2.34. The lowest BCUT2D eigenvalue weighted by atomic mass is 10.1. The normalized spacial score (nSPS) is 13.5. The molecule has 0 radical (unpaired) electrons. The summed E-state index contributed by atoms with van der Waals surface area (Å²) in [5.74, 6) is 1.63. The molecule has 4 rings (SSSR count). The van der Waals surface area contributed by atoms with Gasteiger partial charge in [-0.1, -0.05) is 35.9 Å². The maximum absolute atomic E-state index is 12.5. The average molecular weight is 370 g/mol. The number of hydrogen-bond donors (Lipinski definition) is 1. The van der Waals surface area contributed by atoms with Gasteiger partial charge in [0.25, 0.3) is 5.91 Å². The van der Waals surface area contributed by atoms with Crippen LogP contribution in [0, 0.1) is 0 Å². The van der Waals surface area contributed by atoms with Gasteiger partial charge in [-0.2, -0.15) is 0 Å². The van der Waals surface area contributed by atoms with Crippen molar-refractivity contribution >= 4 is 34.0 Å². The van der Waals surface area contributed by atoms with Crippen LogP contribution < -0.4 is 19.5 Å². The van der Waals surface area contributed by atoms with Crippen LogP contribution in [0.3, 0.4) is 0 Å². The van der Waals surface area contributed by atoms with Crippen molar-refractivity contribution in [2.45, 2.75) is 13.0 Å². The van der Waals surface area contributed by atoms with E-state index in [0.29, 0.717) is 28.0 Å². The summed E-state index contributed by atoms with van der Waals surface area (Å²) in [6.45, 7) is 1.89. The van der Waals surface area contributed by atoms with E-state index in [1.165, 1.54) is 0 Å². The Morgan fingerprint density at radius 1 is 1.08 bits per heavy atom. The Kier molecular flexibility index (Phi) is 4.31. The first kappa shape index (κ1) is 16.5. The van der Waals surface area contributed by atoms with E-state index >= 15 is 0 Å². The second-order valence-corrected chi connectivity index (χ2v) is 6.32. The summed E-state index contributed by atoms with van der Waals surface area (Å²) in [5, 5.41) is 5.22. The van der Waals surface area contributed by atoms with Crippen LogP contribution >= 0.6 is 11.6 Å². The first-order chi connectivity index (χ1) is 12.6. The lowest BCUT2D eigenvalue weighted by Crippen LogP contribution is -2.30. The van der Waals surface area contributed by atoms with Gasteiger partial charge in [0.1, 0.15) is 5.75 Å². The number of fused-ring (bicyclic) bond motifs is 2. The predicted octanol–water partition coefficient (Wildman–Crippen LogP) is 4.63. The molecule has 0 spiro atoms. The quantitative estimate of drug-likeness (QED) is 0.728. The summed E-state index contributed by atoms with van der Waals surface area (Å²) >= 11 is 6.22. The first-order valence-corrected chi connectivity index (χ1v) is 8.54. The molecule has 0 fully saturated rings. The molecule has 3 aromatic carbocycles. The highest BCUT2D eigenvalue weighted by Gasteiger charge is 2.19. The molecule has 0 unspecified atom stereocenters. The number of carbonyl (C=O) groups is 1.